The maximum absolute atomic E-state index is 14.4. The quantitative estimate of drug-likeness (QED) is 0.434. The first-order valence-corrected chi connectivity index (χ1v) is 9.76. The molecule has 0 fully saturated rings. The zero-order valence-corrected chi connectivity index (χ0v) is 16.4. The number of carboxylic acids is 1. The molecule has 0 spiro atoms. The van der Waals surface area contributed by atoms with E-state index in [0.717, 1.165) is 11.3 Å². The third kappa shape index (κ3) is 3.43. The largest absolute Gasteiger partial charge is 0.478 e. The molecule has 30 heavy (non-hydrogen) atoms. The summed E-state index contributed by atoms with van der Waals surface area (Å²) in [7, 11) is 0. The maximum atomic E-state index is 14.4. The Morgan fingerprint density at radius 2 is 1.93 bits per heavy atom. The second kappa shape index (κ2) is 7.68. The summed E-state index contributed by atoms with van der Waals surface area (Å²) in [5.74, 6) is -3.42. The van der Waals surface area contributed by atoms with Gasteiger partial charge >= 0.3 is 5.97 Å². The number of para-hydroxylation sites is 2. The molecule has 0 saturated heterocycles. The number of rotatable bonds is 5. The highest BCUT2D eigenvalue weighted by Crippen LogP contribution is 2.37. The number of aryl methyl sites for hydroxylation is 1. The number of benzene rings is 2. The number of aromatic amines is 1. The van der Waals surface area contributed by atoms with E-state index in [4.69, 9.17) is 0 Å². The lowest BCUT2D eigenvalue weighted by atomic mass is 10.0. The minimum atomic E-state index is -1.30. The fourth-order valence-electron chi connectivity index (χ4n) is 3.10. The van der Waals surface area contributed by atoms with Crippen molar-refractivity contribution in [3.63, 3.8) is 0 Å². The second-order valence-electron chi connectivity index (χ2n) is 6.60. The molecule has 0 saturated carbocycles. The fourth-order valence-corrected chi connectivity index (χ4v) is 4.05. The van der Waals surface area contributed by atoms with E-state index in [9.17, 15) is 23.5 Å². The number of aromatic carboxylic acids is 1. The highest BCUT2D eigenvalue weighted by Gasteiger charge is 2.23. The topological polar surface area (TPSA) is 95.1 Å². The highest BCUT2D eigenvalue weighted by molar-refractivity contribution is 7.15. The van der Waals surface area contributed by atoms with Crippen molar-refractivity contribution >= 4 is 33.3 Å². The molecule has 6 nitrogen and oxygen atoms in total. The number of carboxylic acid groups (broad SMARTS) is 1. The van der Waals surface area contributed by atoms with Gasteiger partial charge in [-0.25, -0.2) is 18.6 Å². The highest BCUT2D eigenvalue weighted by atomic mass is 32.1. The van der Waals surface area contributed by atoms with E-state index in [0.29, 0.717) is 11.0 Å². The lowest BCUT2D eigenvalue weighted by Crippen LogP contribution is -2.18. The van der Waals surface area contributed by atoms with Gasteiger partial charge in [0.2, 0.25) is 0 Å². The van der Waals surface area contributed by atoms with Gasteiger partial charge in [0.25, 0.3) is 5.56 Å². The predicted octanol–water partition coefficient (Wildman–Crippen LogP) is 4.55. The van der Waals surface area contributed by atoms with Crippen LogP contribution in [0.1, 0.15) is 21.6 Å². The van der Waals surface area contributed by atoms with E-state index >= 15 is 0 Å². The summed E-state index contributed by atoms with van der Waals surface area (Å²) in [6.45, 7) is 1.39. The van der Waals surface area contributed by atoms with Crippen LogP contribution in [0, 0.1) is 18.6 Å². The minimum Gasteiger partial charge on any atom is -0.478 e. The predicted molar refractivity (Wildman–Crippen MR) is 111 cm³/mol. The van der Waals surface area contributed by atoms with Crippen LogP contribution in [0.25, 0.3) is 22.2 Å². The Hall–Kier alpha value is -3.59. The molecule has 0 amide bonds. The van der Waals surface area contributed by atoms with Crippen molar-refractivity contribution in [2.75, 3.05) is 5.32 Å². The van der Waals surface area contributed by atoms with Crippen molar-refractivity contribution in [1.29, 1.82) is 0 Å². The first-order valence-electron chi connectivity index (χ1n) is 8.88. The van der Waals surface area contributed by atoms with Crippen LogP contribution in [-0.4, -0.2) is 21.0 Å². The SMILES string of the molecule is Cc1ccc(-c2csc(NCc3nc4ccccc4[nH]c3=O)c2C(=O)O)c(F)c1F. The van der Waals surface area contributed by atoms with Crippen molar-refractivity contribution in [1.82, 2.24) is 9.97 Å². The normalized spacial score (nSPS) is 11.0. The smallest absolute Gasteiger partial charge is 0.339 e. The van der Waals surface area contributed by atoms with Crippen molar-refractivity contribution in [2.45, 2.75) is 13.5 Å². The fraction of sp³-hybridized carbons (Fsp3) is 0.0952. The van der Waals surface area contributed by atoms with E-state index in [1.807, 2.05) is 0 Å². The number of fused-ring (bicyclic) bond motifs is 1. The molecule has 2 heterocycles. The number of hydrogen-bond acceptors (Lipinski definition) is 5. The Balaban J connectivity index is 1.70. The van der Waals surface area contributed by atoms with Gasteiger partial charge in [-0.15, -0.1) is 11.3 Å². The molecule has 0 bridgehead atoms. The summed E-state index contributed by atoms with van der Waals surface area (Å²) in [5, 5.41) is 14.2. The third-order valence-electron chi connectivity index (χ3n) is 4.66. The van der Waals surface area contributed by atoms with Crippen LogP contribution in [0.5, 0.6) is 0 Å². The number of nitrogens with one attached hydrogen (secondary N) is 2. The molecule has 2 aromatic heterocycles. The summed E-state index contributed by atoms with van der Waals surface area (Å²) in [4.78, 5) is 31.1. The van der Waals surface area contributed by atoms with Crippen LogP contribution in [0.3, 0.4) is 0 Å². The first kappa shape index (κ1) is 19.7. The molecule has 0 unspecified atom stereocenters. The van der Waals surface area contributed by atoms with Gasteiger partial charge in [0.05, 0.1) is 17.6 Å². The van der Waals surface area contributed by atoms with Gasteiger partial charge in [-0.1, -0.05) is 24.3 Å². The van der Waals surface area contributed by atoms with Gasteiger partial charge in [-0.05, 0) is 24.6 Å². The molecule has 0 aliphatic carbocycles. The summed E-state index contributed by atoms with van der Waals surface area (Å²) in [6.07, 6.45) is 0. The molecule has 0 aliphatic rings. The number of aromatic nitrogens is 2. The number of hydrogen-bond donors (Lipinski definition) is 3. The summed E-state index contributed by atoms with van der Waals surface area (Å²) in [5.41, 5.74) is 0.814. The average Bonchev–Trinajstić information content (AvgIpc) is 3.14. The van der Waals surface area contributed by atoms with Crippen LogP contribution in [-0.2, 0) is 6.54 Å². The van der Waals surface area contributed by atoms with E-state index in [1.165, 1.54) is 24.4 Å². The van der Waals surface area contributed by atoms with Gasteiger partial charge in [0, 0.05) is 16.5 Å². The number of carbonyl (C=O) groups is 1. The Labute approximate surface area is 172 Å². The standard InChI is InChI=1S/C21H15F2N3O3S/c1-10-6-7-11(18(23)17(10)22)12-9-30-20(16(12)21(28)29)24-8-15-19(27)26-14-5-3-2-4-13(14)25-15/h2-7,9,24H,8H2,1H3,(H,26,27)(H,28,29). The molecular formula is C21H15F2N3O3S. The molecule has 0 aliphatic heterocycles. The molecular weight excluding hydrogens is 412 g/mol. The first-order chi connectivity index (χ1) is 14.4. The Bertz CT molecular complexity index is 1350. The van der Waals surface area contributed by atoms with Crippen molar-refractivity contribution in [3.8, 4) is 11.1 Å². The molecule has 0 radical (unpaired) electrons. The lowest BCUT2D eigenvalue weighted by Gasteiger charge is -2.08. The Kier molecular flexibility index (Phi) is 5.04. The van der Waals surface area contributed by atoms with Gasteiger partial charge in [0.1, 0.15) is 16.3 Å². The minimum absolute atomic E-state index is 0.0366. The number of nitrogens with zero attached hydrogens (tertiary/aromatic N) is 1. The summed E-state index contributed by atoms with van der Waals surface area (Å²) < 4.78 is 28.4. The lowest BCUT2D eigenvalue weighted by molar-refractivity contribution is 0.0699. The number of H-pyrrole nitrogens is 1. The van der Waals surface area contributed by atoms with E-state index in [2.05, 4.69) is 15.3 Å². The van der Waals surface area contributed by atoms with E-state index in [1.54, 1.807) is 24.3 Å². The van der Waals surface area contributed by atoms with Crippen molar-refractivity contribution < 1.29 is 18.7 Å². The van der Waals surface area contributed by atoms with Gasteiger partial charge in [-0.2, -0.15) is 0 Å². The van der Waals surface area contributed by atoms with Crippen LogP contribution < -0.4 is 10.9 Å². The molecule has 9 heteroatoms. The molecule has 2 aromatic carbocycles. The van der Waals surface area contributed by atoms with Crippen LogP contribution in [0.2, 0.25) is 0 Å². The third-order valence-corrected chi connectivity index (χ3v) is 5.59. The molecule has 4 rings (SSSR count). The molecule has 4 aromatic rings. The average molecular weight is 427 g/mol. The van der Waals surface area contributed by atoms with Crippen molar-refractivity contribution in [2.24, 2.45) is 0 Å². The van der Waals surface area contributed by atoms with Gasteiger partial charge in [-0.3, -0.25) is 4.79 Å². The summed E-state index contributed by atoms with van der Waals surface area (Å²) in [6, 6.07) is 9.77. The Morgan fingerprint density at radius 3 is 2.70 bits per heavy atom. The van der Waals surface area contributed by atoms with Crippen LogP contribution in [0.4, 0.5) is 13.8 Å². The number of halogens is 2. The van der Waals surface area contributed by atoms with Gasteiger partial charge in [0.15, 0.2) is 11.6 Å². The monoisotopic (exact) mass is 427 g/mol. The van der Waals surface area contributed by atoms with Crippen LogP contribution in [0.15, 0.2) is 46.6 Å². The van der Waals surface area contributed by atoms with E-state index in [-0.39, 0.29) is 39.5 Å². The second-order valence-corrected chi connectivity index (χ2v) is 7.48. The molecule has 152 valence electrons. The van der Waals surface area contributed by atoms with Crippen LogP contribution >= 0.6 is 11.3 Å². The summed E-state index contributed by atoms with van der Waals surface area (Å²) >= 11 is 1.03. The van der Waals surface area contributed by atoms with E-state index < -0.39 is 23.2 Å². The zero-order valence-electron chi connectivity index (χ0n) is 15.6. The molecule has 0 atom stereocenters. The zero-order chi connectivity index (χ0) is 21.4. The number of anilines is 1. The maximum Gasteiger partial charge on any atom is 0.339 e. The van der Waals surface area contributed by atoms with Gasteiger partial charge < -0.3 is 15.4 Å². The molecule has 3 N–H and O–H groups in total. The van der Waals surface area contributed by atoms with Crippen molar-refractivity contribution in [3.05, 3.63) is 80.6 Å². The Morgan fingerprint density at radius 1 is 1.17 bits per heavy atom. The number of thiophene rings is 1.